The standard InChI is InChI=1S/C16H26N2O4/c1-10-8-18(9-12(21-10)15(19)20-6)11(2)14-17-7-13(22-14)16(3,4)5/h7,10-12H,8-9H2,1-6H3/t10-,11+,12+/m1/s1. The zero-order chi connectivity index (χ0) is 16.5. The maximum Gasteiger partial charge on any atom is 0.336 e. The first-order valence-corrected chi connectivity index (χ1v) is 7.66. The van der Waals surface area contributed by atoms with Crippen molar-refractivity contribution in [1.82, 2.24) is 9.88 Å². The highest BCUT2D eigenvalue weighted by molar-refractivity contribution is 5.75. The summed E-state index contributed by atoms with van der Waals surface area (Å²) in [6.45, 7) is 11.5. The van der Waals surface area contributed by atoms with Gasteiger partial charge in [0.2, 0.25) is 5.89 Å². The molecule has 0 spiro atoms. The van der Waals surface area contributed by atoms with Crippen molar-refractivity contribution >= 4 is 5.97 Å². The molecule has 0 radical (unpaired) electrons. The fraction of sp³-hybridized carbons (Fsp3) is 0.750. The minimum absolute atomic E-state index is 0.0189. The van der Waals surface area contributed by atoms with Gasteiger partial charge in [-0.3, -0.25) is 4.90 Å². The van der Waals surface area contributed by atoms with Gasteiger partial charge >= 0.3 is 5.97 Å². The first-order chi connectivity index (χ1) is 10.2. The van der Waals surface area contributed by atoms with Crippen LogP contribution in [0.2, 0.25) is 0 Å². The molecule has 1 aromatic rings. The highest BCUT2D eigenvalue weighted by Crippen LogP contribution is 2.28. The highest BCUT2D eigenvalue weighted by atomic mass is 16.6. The minimum atomic E-state index is -0.562. The summed E-state index contributed by atoms with van der Waals surface area (Å²) in [7, 11) is 1.38. The molecule has 3 atom stereocenters. The van der Waals surface area contributed by atoms with Crippen LogP contribution in [0.5, 0.6) is 0 Å². The summed E-state index contributed by atoms with van der Waals surface area (Å²) >= 11 is 0. The number of hydrogen-bond acceptors (Lipinski definition) is 6. The molecule has 0 amide bonds. The Morgan fingerprint density at radius 3 is 2.68 bits per heavy atom. The fourth-order valence-corrected chi connectivity index (χ4v) is 2.55. The molecule has 2 heterocycles. The SMILES string of the molecule is COC(=O)[C@@H]1CN([C@@H](C)c2ncc(C(C)(C)C)o2)C[C@@H](C)O1. The van der Waals surface area contributed by atoms with Crippen LogP contribution in [0, 0.1) is 0 Å². The maximum atomic E-state index is 11.7. The molecule has 1 aromatic heterocycles. The van der Waals surface area contributed by atoms with Crippen LogP contribution in [0.4, 0.5) is 0 Å². The van der Waals surface area contributed by atoms with Crippen LogP contribution < -0.4 is 0 Å². The Morgan fingerprint density at radius 1 is 1.45 bits per heavy atom. The Morgan fingerprint density at radius 2 is 2.14 bits per heavy atom. The van der Waals surface area contributed by atoms with Crippen LogP contribution in [0.3, 0.4) is 0 Å². The monoisotopic (exact) mass is 310 g/mol. The number of nitrogens with zero attached hydrogens (tertiary/aromatic N) is 2. The molecule has 0 unspecified atom stereocenters. The van der Waals surface area contributed by atoms with Crippen molar-refractivity contribution in [3.63, 3.8) is 0 Å². The minimum Gasteiger partial charge on any atom is -0.467 e. The molecular weight excluding hydrogens is 284 g/mol. The largest absolute Gasteiger partial charge is 0.467 e. The molecule has 0 saturated carbocycles. The molecule has 0 N–H and O–H groups in total. The van der Waals surface area contributed by atoms with Gasteiger partial charge in [-0.2, -0.15) is 0 Å². The third kappa shape index (κ3) is 3.67. The second kappa shape index (κ2) is 6.38. The molecular formula is C16H26N2O4. The Balaban J connectivity index is 2.12. The van der Waals surface area contributed by atoms with E-state index >= 15 is 0 Å². The average molecular weight is 310 g/mol. The lowest BCUT2D eigenvalue weighted by atomic mass is 9.94. The van der Waals surface area contributed by atoms with Crippen molar-refractivity contribution in [2.24, 2.45) is 0 Å². The molecule has 6 heteroatoms. The second-order valence-electron chi connectivity index (χ2n) is 6.90. The fourth-order valence-electron chi connectivity index (χ4n) is 2.55. The smallest absolute Gasteiger partial charge is 0.336 e. The van der Waals surface area contributed by atoms with E-state index in [4.69, 9.17) is 13.9 Å². The summed E-state index contributed by atoms with van der Waals surface area (Å²) in [6.07, 6.45) is 1.18. The molecule has 2 rings (SSSR count). The second-order valence-corrected chi connectivity index (χ2v) is 6.90. The van der Waals surface area contributed by atoms with Crippen molar-refractivity contribution in [1.29, 1.82) is 0 Å². The predicted molar refractivity (Wildman–Crippen MR) is 81.5 cm³/mol. The van der Waals surface area contributed by atoms with E-state index < -0.39 is 6.10 Å². The molecule has 0 aliphatic carbocycles. The van der Waals surface area contributed by atoms with E-state index in [0.717, 1.165) is 12.3 Å². The van der Waals surface area contributed by atoms with E-state index in [1.165, 1.54) is 7.11 Å². The summed E-state index contributed by atoms with van der Waals surface area (Å²) < 4.78 is 16.3. The number of morpholine rings is 1. The van der Waals surface area contributed by atoms with E-state index in [9.17, 15) is 4.79 Å². The maximum absolute atomic E-state index is 11.7. The predicted octanol–water partition coefficient (Wildman–Crippen LogP) is 2.30. The molecule has 22 heavy (non-hydrogen) atoms. The lowest BCUT2D eigenvalue weighted by Crippen LogP contribution is -2.50. The third-order valence-electron chi connectivity index (χ3n) is 3.92. The molecule has 0 bridgehead atoms. The van der Waals surface area contributed by atoms with Gasteiger partial charge in [0.25, 0.3) is 0 Å². The Kier molecular flexibility index (Phi) is 4.92. The number of hydrogen-bond donors (Lipinski definition) is 0. The number of rotatable bonds is 3. The van der Waals surface area contributed by atoms with E-state index in [2.05, 4.69) is 30.7 Å². The van der Waals surface area contributed by atoms with Gasteiger partial charge in [-0.15, -0.1) is 0 Å². The van der Waals surface area contributed by atoms with Crippen LogP contribution >= 0.6 is 0 Å². The molecule has 1 aliphatic heterocycles. The van der Waals surface area contributed by atoms with Crippen molar-refractivity contribution < 1.29 is 18.7 Å². The first-order valence-electron chi connectivity index (χ1n) is 7.66. The zero-order valence-electron chi connectivity index (χ0n) is 14.3. The summed E-state index contributed by atoms with van der Waals surface area (Å²) in [6, 6.07) is -0.0189. The van der Waals surface area contributed by atoms with Crippen LogP contribution in [0.1, 0.15) is 52.3 Å². The molecule has 6 nitrogen and oxygen atoms in total. The highest BCUT2D eigenvalue weighted by Gasteiger charge is 2.35. The lowest BCUT2D eigenvalue weighted by Gasteiger charge is -2.37. The van der Waals surface area contributed by atoms with Gasteiger partial charge < -0.3 is 13.9 Å². The van der Waals surface area contributed by atoms with E-state index in [0.29, 0.717) is 12.4 Å². The number of oxazole rings is 1. The van der Waals surface area contributed by atoms with Crippen molar-refractivity contribution in [3.05, 3.63) is 17.8 Å². The molecule has 1 fully saturated rings. The first kappa shape index (κ1) is 17.0. The Labute approximate surface area is 131 Å². The van der Waals surface area contributed by atoms with E-state index in [-0.39, 0.29) is 23.5 Å². The van der Waals surface area contributed by atoms with Gasteiger partial charge in [0.15, 0.2) is 6.10 Å². The summed E-state index contributed by atoms with van der Waals surface area (Å²) in [5.74, 6) is 1.19. The van der Waals surface area contributed by atoms with Crippen molar-refractivity contribution in [3.8, 4) is 0 Å². The van der Waals surface area contributed by atoms with Crippen LogP contribution in [0.25, 0.3) is 0 Å². The molecule has 1 aliphatic rings. The van der Waals surface area contributed by atoms with Crippen molar-refractivity contribution in [2.75, 3.05) is 20.2 Å². The van der Waals surface area contributed by atoms with Gasteiger partial charge in [-0.25, -0.2) is 9.78 Å². The Hall–Kier alpha value is -1.40. The topological polar surface area (TPSA) is 64.8 Å². The van der Waals surface area contributed by atoms with Gasteiger partial charge in [0.1, 0.15) is 5.76 Å². The number of ether oxygens (including phenoxy) is 2. The molecule has 124 valence electrons. The van der Waals surface area contributed by atoms with E-state index in [1.807, 2.05) is 13.8 Å². The van der Waals surface area contributed by atoms with Gasteiger partial charge in [-0.1, -0.05) is 20.8 Å². The normalized spacial score (nSPS) is 25.0. The van der Waals surface area contributed by atoms with Gasteiger partial charge in [0.05, 0.1) is 25.5 Å². The Bertz CT molecular complexity index is 520. The molecule has 1 saturated heterocycles. The summed E-state index contributed by atoms with van der Waals surface area (Å²) in [5.41, 5.74) is -0.0716. The summed E-state index contributed by atoms with van der Waals surface area (Å²) in [5, 5.41) is 0. The number of methoxy groups -OCH3 is 1. The number of esters is 1. The van der Waals surface area contributed by atoms with Crippen LogP contribution in [0.15, 0.2) is 10.6 Å². The zero-order valence-corrected chi connectivity index (χ0v) is 14.3. The molecule has 0 aromatic carbocycles. The van der Waals surface area contributed by atoms with Crippen LogP contribution in [-0.2, 0) is 19.7 Å². The van der Waals surface area contributed by atoms with Crippen LogP contribution in [-0.4, -0.2) is 48.3 Å². The lowest BCUT2D eigenvalue weighted by molar-refractivity contribution is -0.168. The number of aromatic nitrogens is 1. The average Bonchev–Trinajstić information content (AvgIpc) is 2.94. The third-order valence-corrected chi connectivity index (χ3v) is 3.92. The quantitative estimate of drug-likeness (QED) is 0.798. The van der Waals surface area contributed by atoms with E-state index in [1.54, 1.807) is 6.20 Å². The number of carbonyl (C=O) groups excluding carboxylic acids is 1. The van der Waals surface area contributed by atoms with Crippen molar-refractivity contribution in [2.45, 2.75) is 58.3 Å². The van der Waals surface area contributed by atoms with Gasteiger partial charge in [0, 0.05) is 18.5 Å². The number of carbonyl (C=O) groups is 1. The summed E-state index contributed by atoms with van der Waals surface area (Å²) in [4.78, 5) is 18.3. The van der Waals surface area contributed by atoms with Gasteiger partial charge in [-0.05, 0) is 13.8 Å².